The van der Waals surface area contributed by atoms with Gasteiger partial charge in [0.15, 0.2) is 6.10 Å². The van der Waals surface area contributed by atoms with Crippen LogP contribution < -0.4 is 0 Å². The van der Waals surface area contributed by atoms with E-state index in [1.54, 1.807) is 6.08 Å². The molecule has 318 valence electrons. The minimum Gasteiger partial charge on any atom is -0.462 e. The van der Waals surface area contributed by atoms with Gasteiger partial charge in [0.1, 0.15) is 6.61 Å². The Bertz CT molecular complexity index is 1110. The number of hydrogen-bond acceptors (Lipinski definition) is 7. The lowest BCUT2D eigenvalue weighted by Gasteiger charge is -2.18. The van der Waals surface area contributed by atoms with Crippen molar-refractivity contribution in [2.24, 2.45) is 5.92 Å². The maximum atomic E-state index is 12.4. The minimum atomic E-state index is -4.78. The zero-order valence-corrected chi connectivity index (χ0v) is 35.7. The van der Waals surface area contributed by atoms with Crippen LogP contribution in [0, 0.1) is 5.92 Å². The molecule has 55 heavy (non-hydrogen) atoms. The summed E-state index contributed by atoms with van der Waals surface area (Å²) in [7, 11) is -4.78. The van der Waals surface area contributed by atoms with Gasteiger partial charge in [-0.05, 0) is 50.9 Å². The molecule has 10 heteroatoms. The number of phosphoric ester groups is 1. The van der Waals surface area contributed by atoms with E-state index in [4.69, 9.17) is 19.3 Å². The monoisotopic (exact) mass is 795 g/mol. The minimum absolute atomic E-state index is 0.156. The Labute approximate surface area is 335 Å². The van der Waals surface area contributed by atoms with E-state index in [9.17, 15) is 19.3 Å². The highest BCUT2D eigenvalue weighted by atomic mass is 31.2. The van der Waals surface area contributed by atoms with Crippen molar-refractivity contribution < 1.29 is 43.0 Å². The van der Waals surface area contributed by atoms with Crippen LogP contribution in [0.2, 0.25) is 0 Å². The summed E-state index contributed by atoms with van der Waals surface area (Å²) in [6.07, 6.45) is 44.1. The number of hydrogen-bond donors (Lipinski definition) is 3. The molecule has 0 rings (SSSR count). The van der Waals surface area contributed by atoms with E-state index in [2.05, 4.69) is 37.4 Å². The van der Waals surface area contributed by atoms with Crippen molar-refractivity contribution in [1.29, 1.82) is 0 Å². The number of ether oxygens (including phenoxy) is 2. The molecule has 0 radical (unpaired) electrons. The van der Waals surface area contributed by atoms with Gasteiger partial charge in [0.25, 0.3) is 0 Å². The highest BCUT2D eigenvalue weighted by molar-refractivity contribution is 7.46. The quantitative estimate of drug-likeness (QED) is 0.0183. The second-order valence-electron chi connectivity index (χ2n) is 15.0. The van der Waals surface area contributed by atoms with E-state index >= 15 is 0 Å². The third-order valence-electron chi connectivity index (χ3n) is 9.06. The number of allylic oxidation sites excluding steroid dienone is 8. The number of carbonyl (C=O) groups is 2. The molecule has 0 saturated carbocycles. The number of aliphatic hydroxyl groups excluding tert-OH is 1. The smallest absolute Gasteiger partial charge is 0.462 e. The van der Waals surface area contributed by atoms with E-state index in [1.807, 2.05) is 42.5 Å². The fourth-order valence-corrected chi connectivity index (χ4v) is 6.21. The van der Waals surface area contributed by atoms with Crippen molar-refractivity contribution in [2.75, 3.05) is 13.2 Å². The molecule has 0 amide bonds. The lowest BCUT2D eigenvalue weighted by molar-refractivity contribution is -0.161. The normalized spacial score (nSPS) is 13.7. The lowest BCUT2D eigenvalue weighted by Crippen LogP contribution is -2.29. The van der Waals surface area contributed by atoms with Crippen LogP contribution in [-0.2, 0) is 28.2 Å². The van der Waals surface area contributed by atoms with Gasteiger partial charge in [-0.2, -0.15) is 0 Å². The number of aliphatic hydroxyl groups is 1. The number of esters is 2. The molecular formula is C45H79O9P. The van der Waals surface area contributed by atoms with E-state index in [0.717, 1.165) is 44.4 Å². The predicted molar refractivity (Wildman–Crippen MR) is 226 cm³/mol. The third-order valence-corrected chi connectivity index (χ3v) is 9.54. The Balaban J connectivity index is 4.04. The van der Waals surface area contributed by atoms with Crippen LogP contribution in [0.5, 0.6) is 0 Å². The average Bonchev–Trinajstić information content (AvgIpc) is 3.13. The molecule has 0 saturated heterocycles. The van der Waals surface area contributed by atoms with Gasteiger partial charge in [0.05, 0.1) is 12.7 Å². The van der Waals surface area contributed by atoms with Crippen LogP contribution in [-0.4, -0.2) is 52.3 Å². The first-order valence-electron chi connectivity index (χ1n) is 21.5. The molecule has 0 heterocycles. The molecule has 2 atom stereocenters. The van der Waals surface area contributed by atoms with E-state index in [0.29, 0.717) is 25.7 Å². The van der Waals surface area contributed by atoms with Crippen molar-refractivity contribution in [3.8, 4) is 0 Å². The Hall–Kier alpha value is -2.29. The van der Waals surface area contributed by atoms with E-state index < -0.39 is 38.6 Å². The molecule has 9 nitrogen and oxygen atoms in total. The molecule has 0 fully saturated rings. The zero-order chi connectivity index (χ0) is 40.7. The first-order chi connectivity index (χ1) is 26.5. The molecule has 3 N–H and O–H groups in total. The van der Waals surface area contributed by atoms with Crippen molar-refractivity contribution >= 4 is 19.8 Å². The average molecular weight is 795 g/mol. The topological polar surface area (TPSA) is 140 Å². The van der Waals surface area contributed by atoms with Gasteiger partial charge in [-0.15, -0.1) is 0 Å². The van der Waals surface area contributed by atoms with Gasteiger partial charge >= 0.3 is 19.8 Å². The number of phosphoric acid groups is 1. The second-order valence-corrected chi connectivity index (χ2v) is 16.2. The highest BCUT2D eigenvalue weighted by Crippen LogP contribution is 2.36. The van der Waals surface area contributed by atoms with Gasteiger partial charge in [-0.25, -0.2) is 4.57 Å². The first-order valence-corrected chi connectivity index (χ1v) is 23.1. The van der Waals surface area contributed by atoms with Gasteiger partial charge < -0.3 is 24.4 Å². The molecule has 0 spiro atoms. The summed E-state index contributed by atoms with van der Waals surface area (Å²) >= 11 is 0. The molecule has 0 aliphatic heterocycles. The summed E-state index contributed by atoms with van der Waals surface area (Å²) in [5.41, 5.74) is 0. The molecule has 0 aromatic carbocycles. The van der Waals surface area contributed by atoms with Gasteiger partial charge in [0, 0.05) is 12.8 Å². The number of rotatable bonds is 38. The molecule has 0 bridgehead atoms. The van der Waals surface area contributed by atoms with Crippen LogP contribution in [0.3, 0.4) is 0 Å². The Morgan fingerprint density at radius 3 is 1.73 bits per heavy atom. The maximum Gasteiger partial charge on any atom is 0.469 e. The highest BCUT2D eigenvalue weighted by Gasteiger charge is 2.22. The predicted octanol–water partition coefficient (Wildman–Crippen LogP) is 12.1. The van der Waals surface area contributed by atoms with Crippen molar-refractivity contribution in [3.63, 3.8) is 0 Å². The maximum absolute atomic E-state index is 12.4. The molecule has 0 aromatic heterocycles. The first kappa shape index (κ1) is 52.7. The summed E-state index contributed by atoms with van der Waals surface area (Å²) in [4.78, 5) is 42.9. The summed E-state index contributed by atoms with van der Waals surface area (Å²) in [6, 6.07) is 0. The Kier molecular flexibility index (Phi) is 37.0. The van der Waals surface area contributed by atoms with Gasteiger partial charge in [-0.3, -0.25) is 14.1 Å². The van der Waals surface area contributed by atoms with Gasteiger partial charge in [0.2, 0.25) is 0 Å². The summed E-state index contributed by atoms with van der Waals surface area (Å²) in [5.74, 6) is -0.157. The third kappa shape index (κ3) is 42.7. The van der Waals surface area contributed by atoms with E-state index in [1.165, 1.54) is 83.5 Å². The van der Waals surface area contributed by atoms with Crippen LogP contribution >= 0.6 is 7.82 Å². The standard InChI is InChI=1S/C45H79O9P/c1-4-5-6-7-25-30-35-42(46)36-31-26-21-18-19-22-27-32-37-44(47)52-39-43(40-53-55(49,50)51)54-45(48)38-33-28-23-17-15-13-11-9-8-10-12-14-16-20-24-29-34-41(2)3/h5-6,19,21-22,25-26,30-31,36,41-43,46H,4,7-18,20,23-24,27-29,32-35,37-40H2,1-3H3,(H2,49,50,51)/b6-5-,22-19-,26-21-,30-25-,36-31+/t42?,43-/m1/s1. The number of unbranched alkanes of at least 4 members (excludes halogenated alkanes) is 16. The second kappa shape index (κ2) is 38.6. The van der Waals surface area contributed by atoms with Gasteiger partial charge in [-0.1, -0.05) is 184 Å². The molecule has 0 aliphatic rings. The van der Waals surface area contributed by atoms with Crippen molar-refractivity contribution in [1.82, 2.24) is 0 Å². The molecule has 0 aromatic rings. The molecular weight excluding hydrogens is 715 g/mol. The Morgan fingerprint density at radius 2 is 1.15 bits per heavy atom. The number of carbonyl (C=O) groups excluding carboxylic acids is 2. The largest absolute Gasteiger partial charge is 0.469 e. The van der Waals surface area contributed by atoms with Crippen molar-refractivity contribution in [2.45, 2.75) is 193 Å². The summed E-state index contributed by atoms with van der Waals surface area (Å²) < 4.78 is 26.3. The van der Waals surface area contributed by atoms with Crippen LogP contribution in [0.15, 0.2) is 60.8 Å². The fourth-order valence-electron chi connectivity index (χ4n) is 5.85. The zero-order valence-electron chi connectivity index (χ0n) is 34.8. The lowest BCUT2D eigenvalue weighted by atomic mass is 10.0. The Morgan fingerprint density at radius 1 is 0.618 bits per heavy atom. The van der Waals surface area contributed by atoms with E-state index in [-0.39, 0.29) is 19.4 Å². The van der Waals surface area contributed by atoms with Crippen LogP contribution in [0.1, 0.15) is 181 Å². The van der Waals surface area contributed by atoms with Crippen LogP contribution in [0.25, 0.3) is 0 Å². The summed E-state index contributed by atoms with van der Waals surface area (Å²) in [6.45, 7) is 5.80. The fraction of sp³-hybridized carbons (Fsp3) is 0.733. The SMILES string of the molecule is CC/C=C\C/C=C\CC(O)/C=C/C=C\C/C=C\CCCC(=O)OC[C@H](COP(=O)(O)O)OC(=O)CCCCCCCCCCCCCCCCCCC(C)C. The van der Waals surface area contributed by atoms with Crippen molar-refractivity contribution in [3.05, 3.63) is 60.8 Å². The molecule has 1 unspecified atom stereocenters. The summed E-state index contributed by atoms with van der Waals surface area (Å²) in [5, 5.41) is 9.98. The van der Waals surface area contributed by atoms with Crippen LogP contribution in [0.4, 0.5) is 0 Å². The molecule has 0 aliphatic carbocycles.